The van der Waals surface area contributed by atoms with E-state index < -0.39 is 5.97 Å². The van der Waals surface area contributed by atoms with Crippen LogP contribution in [0.3, 0.4) is 0 Å². The fourth-order valence-corrected chi connectivity index (χ4v) is 3.23. The van der Waals surface area contributed by atoms with E-state index in [1.165, 1.54) is 23.1 Å². The van der Waals surface area contributed by atoms with Gasteiger partial charge in [-0.25, -0.2) is 4.72 Å². The first kappa shape index (κ1) is 26.6. The number of nitrogens with two attached hydrogens (primary N) is 2. The van der Waals surface area contributed by atoms with E-state index in [4.69, 9.17) is 26.1 Å². The first-order valence-corrected chi connectivity index (χ1v) is 11.4. The molecule has 0 saturated carbocycles. The average Bonchev–Trinajstić information content (AvgIpc) is 2.83. The molecular weight excluding hydrogens is 452 g/mol. The lowest BCUT2D eigenvalue weighted by atomic mass is 10.1. The third kappa shape index (κ3) is 11.3. The summed E-state index contributed by atoms with van der Waals surface area (Å²) in [4.78, 5) is 16.2. The highest BCUT2D eigenvalue weighted by molar-refractivity contribution is 7.97. The molecule has 0 heterocycles. The number of rotatable bonds is 11. The number of nitrogens with zero attached hydrogens (tertiary/aromatic N) is 1. The Kier molecular flexibility index (Phi) is 11.9. The van der Waals surface area contributed by atoms with E-state index in [1.54, 1.807) is 0 Å². The van der Waals surface area contributed by atoms with E-state index in [-0.39, 0.29) is 12.5 Å². The van der Waals surface area contributed by atoms with Gasteiger partial charge in [0.25, 0.3) is 0 Å². The van der Waals surface area contributed by atoms with Crippen molar-refractivity contribution in [3.63, 3.8) is 0 Å². The molecule has 0 aromatic heterocycles. The molecule has 0 bridgehead atoms. The van der Waals surface area contributed by atoms with Crippen LogP contribution in [0.4, 0.5) is 0 Å². The average molecular weight is 483 g/mol. The van der Waals surface area contributed by atoms with Gasteiger partial charge in [-0.3, -0.25) is 4.79 Å². The number of carboxylic acids is 1. The molecule has 9 heteroatoms. The van der Waals surface area contributed by atoms with Crippen LogP contribution in [0.2, 0.25) is 0 Å². The second-order valence-electron chi connectivity index (χ2n) is 7.07. The van der Waals surface area contributed by atoms with E-state index >= 15 is 0 Å². The number of carboxylic acid groups (broad SMARTS) is 1. The maximum Gasteiger partial charge on any atom is 0.318 e. The Bertz CT molecular complexity index is 1010. The van der Waals surface area contributed by atoms with Gasteiger partial charge in [-0.1, -0.05) is 60.2 Å². The number of nitrogens with one attached hydrogen (secondary N) is 1. The minimum atomic E-state index is -0.858. The minimum Gasteiger partial charge on any atom is -0.493 e. The first-order chi connectivity index (χ1) is 16.4. The quantitative estimate of drug-likeness (QED) is 0.106. The highest BCUT2D eigenvalue weighted by Gasteiger charge is 2.00. The van der Waals surface area contributed by atoms with Crippen LogP contribution in [-0.4, -0.2) is 36.8 Å². The molecule has 0 unspecified atom stereocenters. The van der Waals surface area contributed by atoms with Crippen molar-refractivity contribution in [1.29, 1.82) is 0 Å². The van der Waals surface area contributed by atoms with E-state index in [1.807, 2.05) is 73.7 Å². The Morgan fingerprint density at radius 2 is 1.59 bits per heavy atom. The van der Waals surface area contributed by atoms with Crippen LogP contribution in [0.1, 0.15) is 12.0 Å². The maximum absolute atomic E-state index is 10.4. The summed E-state index contributed by atoms with van der Waals surface area (Å²) in [5.74, 6) is -0.0738. The van der Waals surface area contributed by atoms with Gasteiger partial charge in [-0.05, 0) is 59.4 Å². The third-order valence-electron chi connectivity index (χ3n) is 4.21. The SMILES string of the molecule is Cc1ccc(OCCCON=C(N)N)cc1.O=C(O)CNSc1ccc(-c2ccccc2)cc1. The fraction of sp³-hybridized carbons (Fsp3) is 0.200. The van der Waals surface area contributed by atoms with Crippen molar-refractivity contribution >= 4 is 23.9 Å². The van der Waals surface area contributed by atoms with Crippen molar-refractivity contribution in [3.8, 4) is 16.9 Å². The number of aryl methyl sites for hydroxylation is 1. The predicted molar refractivity (Wildman–Crippen MR) is 136 cm³/mol. The van der Waals surface area contributed by atoms with Gasteiger partial charge in [-0.2, -0.15) is 0 Å². The van der Waals surface area contributed by atoms with Crippen molar-refractivity contribution in [2.45, 2.75) is 18.2 Å². The van der Waals surface area contributed by atoms with Gasteiger partial charge in [0.05, 0.1) is 6.61 Å². The van der Waals surface area contributed by atoms with E-state index in [0.29, 0.717) is 13.2 Å². The van der Waals surface area contributed by atoms with Crippen molar-refractivity contribution in [2.75, 3.05) is 19.8 Å². The summed E-state index contributed by atoms with van der Waals surface area (Å²) in [5.41, 5.74) is 13.7. The van der Waals surface area contributed by atoms with E-state index in [9.17, 15) is 4.79 Å². The molecule has 0 spiro atoms. The summed E-state index contributed by atoms with van der Waals surface area (Å²) < 4.78 is 8.25. The molecule has 0 aliphatic heterocycles. The molecule has 0 aliphatic rings. The largest absolute Gasteiger partial charge is 0.493 e. The maximum atomic E-state index is 10.4. The molecule has 3 aromatic carbocycles. The van der Waals surface area contributed by atoms with Crippen LogP contribution in [0, 0.1) is 6.92 Å². The predicted octanol–water partition coefficient (Wildman–Crippen LogP) is 4.00. The third-order valence-corrected chi connectivity index (χ3v) is 5.01. The van der Waals surface area contributed by atoms with Crippen LogP contribution in [0.25, 0.3) is 11.1 Å². The van der Waals surface area contributed by atoms with Gasteiger partial charge in [-0.15, -0.1) is 0 Å². The number of aliphatic carboxylic acids is 1. The summed E-state index contributed by atoms with van der Waals surface area (Å²) in [5, 5.41) is 11.9. The summed E-state index contributed by atoms with van der Waals surface area (Å²) >= 11 is 1.32. The lowest BCUT2D eigenvalue weighted by Crippen LogP contribution is -2.23. The monoisotopic (exact) mass is 482 g/mol. The smallest absolute Gasteiger partial charge is 0.318 e. The van der Waals surface area contributed by atoms with Gasteiger partial charge in [0.15, 0.2) is 0 Å². The molecule has 0 atom stereocenters. The summed E-state index contributed by atoms with van der Waals surface area (Å²) in [6.07, 6.45) is 0.727. The van der Waals surface area contributed by atoms with E-state index in [2.05, 4.69) is 22.0 Å². The first-order valence-electron chi connectivity index (χ1n) is 10.6. The minimum absolute atomic E-state index is 0.0505. The van der Waals surface area contributed by atoms with Crippen LogP contribution in [-0.2, 0) is 9.63 Å². The van der Waals surface area contributed by atoms with Gasteiger partial charge in [0, 0.05) is 11.3 Å². The zero-order chi connectivity index (χ0) is 24.6. The van der Waals surface area contributed by atoms with Gasteiger partial charge in [0.2, 0.25) is 5.96 Å². The number of guanidine groups is 1. The van der Waals surface area contributed by atoms with Crippen LogP contribution < -0.4 is 20.9 Å². The Hall–Kier alpha value is -3.69. The Morgan fingerprint density at radius 3 is 2.21 bits per heavy atom. The summed E-state index contributed by atoms with van der Waals surface area (Å²) in [6, 6.07) is 26.0. The van der Waals surface area contributed by atoms with Crippen molar-refractivity contribution in [1.82, 2.24) is 4.72 Å². The molecule has 180 valence electrons. The fourth-order valence-electron chi connectivity index (χ4n) is 2.60. The summed E-state index contributed by atoms with van der Waals surface area (Å²) in [6.45, 7) is 2.99. The lowest BCUT2D eigenvalue weighted by Gasteiger charge is -2.05. The standard InChI is InChI=1S/C14H13NO2S.C11H17N3O2/c16-14(17)10-15-18-13-8-6-12(7-9-13)11-4-2-1-3-5-11;1-9-3-5-10(6-4-9)15-7-2-8-16-14-11(12)13/h1-9,15H,10H2,(H,16,17);3-6H,2,7-8H2,1H3,(H4,12,13,14). The molecule has 0 aliphatic carbocycles. The molecule has 6 N–H and O–H groups in total. The molecule has 3 aromatic rings. The number of oxime groups is 1. The summed E-state index contributed by atoms with van der Waals surface area (Å²) in [7, 11) is 0. The number of hydrogen-bond donors (Lipinski definition) is 4. The Balaban J connectivity index is 0.000000242. The Labute approximate surface area is 204 Å². The highest BCUT2D eigenvalue weighted by atomic mass is 32.2. The molecule has 3 rings (SSSR count). The van der Waals surface area contributed by atoms with Gasteiger partial charge >= 0.3 is 5.97 Å². The van der Waals surface area contributed by atoms with Gasteiger partial charge < -0.3 is 26.1 Å². The second-order valence-corrected chi connectivity index (χ2v) is 8.04. The molecule has 0 fully saturated rings. The zero-order valence-corrected chi connectivity index (χ0v) is 19.8. The number of benzene rings is 3. The van der Waals surface area contributed by atoms with Gasteiger partial charge in [0.1, 0.15) is 18.9 Å². The topological polar surface area (TPSA) is 132 Å². The molecule has 0 amide bonds. The van der Waals surface area contributed by atoms with Crippen LogP contribution in [0.5, 0.6) is 5.75 Å². The Morgan fingerprint density at radius 1 is 0.941 bits per heavy atom. The molecule has 34 heavy (non-hydrogen) atoms. The molecule has 8 nitrogen and oxygen atoms in total. The second kappa shape index (κ2) is 15.2. The van der Waals surface area contributed by atoms with Crippen molar-refractivity contribution in [2.24, 2.45) is 16.6 Å². The van der Waals surface area contributed by atoms with E-state index in [0.717, 1.165) is 22.6 Å². The number of ether oxygens (including phenoxy) is 1. The van der Waals surface area contributed by atoms with Crippen LogP contribution >= 0.6 is 11.9 Å². The molecule has 0 saturated heterocycles. The normalized spacial score (nSPS) is 9.91. The number of carbonyl (C=O) groups is 1. The van der Waals surface area contributed by atoms with Crippen molar-refractivity contribution in [3.05, 3.63) is 84.4 Å². The zero-order valence-electron chi connectivity index (χ0n) is 19.0. The highest BCUT2D eigenvalue weighted by Crippen LogP contribution is 2.22. The molecule has 0 radical (unpaired) electrons. The number of hydrogen-bond acceptors (Lipinski definition) is 6. The molecular formula is C25H30N4O4S. The lowest BCUT2D eigenvalue weighted by molar-refractivity contribution is -0.135. The van der Waals surface area contributed by atoms with Crippen LogP contribution in [0.15, 0.2) is 88.9 Å². The van der Waals surface area contributed by atoms with Crippen molar-refractivity contribution < 1.29 is 19.5 Å².